The van der Waals surface area contributed by atoms with Gasteiger partial charge < -0.3 is 10.2 Å². The van der Waals surface area contributed by atoms with Crippen molar-refractivity contribution < 1.29 is 14.0 Å². The topological polar surface area (TPSA) is 49.4 Å². The van der Waals surface area contributed by atoms with E-state index in [9.17, 15) is 14.0 Å². The Kier molecular flexibility index (Phi) is 6.33. The quantitative estimate of drug-likeness (QED) is 0.561. The summed E-state index contributed by atoms with van der Waals surface area (Å²) in [6.07, 6.45) is 0. The Bertz CT molecular complexity index is 1180. The van der Waals surface area contributed by atoms with Gasteiger partial charge in [-0.05, 0) is 73.9 Å². The summed E-state index contributed by atoms with van der Waals surface area (Å²) < 4.78 is 13.9. The molecule has 2 unspecified atom stereocenters. The molecule has 0 radical (unpaired) electrons. The van der Waals surface area contributed by atoms with Crippen molar-refractivity contribution in [1.29, 1.82) is 0 Å². The summed E-state index contributed by atoms with van der Waals surface area (Å²) in [5.74, 6) is -0.432. The van der Waals surface area contributed by atoms with Crippen molar-refractivity contribution in [3.8, 4) is 0 Å². The first kappa shape index (κ1) is 22.1. The molecule has 0 aliphatic carbocycles. The van der Waals surface area contributed by atoms with Crippen LogP contribution in [0, 0.1) is 26.6 Å². The molecule has 4 rings (SSSR count). The van der Waals surface area contributed by atoms with Crippen molar-refractivity contribution in [3.63, 3.8) is 0 Å². The van der Waals surface area contributed by atoms with E-state index in [1.54, 1.807) is 23.1 Å². The number of carbonyl (C=O) groups is 2. The normalized spacial score (nSPS) is 17.9. The molecule has 1 N–H and O–H groups in total. The lowest BCUT2D eigenvalue weighted by Crippen LogP contribution is -2.45. The number of hydrogen-bond acceptors (Lipinski definition) is 3. The Morgan fingerprint density at radius 1 is 0.969 bits per heavy atom. The van der Waals surface area contributed by atoms with Crippen molar-refractivity contribution in [1.82, 2.24) is 4.90 Å². The zero-order valence-corrected chi connectivity index (χ0v) is 19.1. The fourth-order valence-electron chi connectivity index (χ4n) is 3.85. The van der Waals surface area contributed by atoms with Gasteiger partial charge in [0.15, 0.2) is 0 Å². The number of carbonyl (C=O) groups excluding carboxylic acids is 2. The van der Waals surface area contributed by atoms with Gasteiger partial charge in [0.25, 0.3) is 5.91 Å². The molecule has 32 heavy (non-hydrogen) atoms. The van der Waals surface area contributed by atoms with E-state index < -0.39 is 11.4 Å². The molecule has 1 heterocycles. The van der Waals surface area contributed by atoms with Crippen LogP contribution in [0.1, 0.15) is 38.0 Å². The summed E-state index contributed by atoms with van der Waals surface area (Å²) >= 11 is 1.47. The van der Waals surface area contributed by atoms with Gasteiger partial charge in [0, 0.05) is 17.0 Å². The molecule has 1 aliphatic heterocycles. The minimum absolute atomic E-state index is 0.242. The van der Waals surface area contributed by atoms with Gasteiger partial charge in [-0.3, -0.25) is 9.59 Å². The zero-order valence-electron chi connectivity index (χ0n) is 18.3. The van der Waals surface area contributed by atoms with Crippen LogP contribution in [0.15, 0.2) is 66.7 Å². The van der Waals surface area contributed by atoms with Gasteiger partial charge in [-0.1, -0.05) is 35.9 Å². The SMILES string of the molecule is Cc1cccc(C(=O)N2C(C(=O)Nc3ccc(C)c(C)c3)CSC2c2cccc(F)c2)c1. The second-order valence-corrected chi connectivity index (χ2v) is 9.24. The molecule has 1 aliphatic rings. The molecule has 3 aromatic carbocycles. The van der Waals surface area contributed by atoms with Gasteiger partial charge in [0.1, 0.15) is 17.2 Å². The van der Waals surface area contributed by atoms with Crippen LogP contribution in [-0.2, 0) is 4.79 Å². The van der Waals surface area contributed by atoms with E-state index in [2.05, 4.69) is 5.32 Å². The van der Waals surface area contributed by atoms with E-state index in [0.29, 0.717) is 22.6 Å². The highest BCUT2D eigenvalue weighted by Gasteiger charge is 2.42. The van der Waals surface area contributed by atoms with Crippen molar-refractivity contribution >= 4 is 29.3 Å². The summed E-state index contributed by atoms with van der Waals surface area (Å²) in [6.45, 7) is 5.92. The summed E-state index contributed by atoms with van der Waals surface area (Å²) in [4.78, 5) is 28.4. The minimum Gasteiger partial charge on any atom is -0.324 e. The van der Waals surface area contributed by atoms with Crippen LogP contribution in [0.2, 0.25) is 0 Å². The maximum absolute atomic E-state index is 13.9. The highest BCUT2D eigenvalue weighted by molar-refractivity contribution is 7.99. The molecule has 164 valence electrons. The average Bonchev–Trinajstić information content (AvgIpc) is 3.21. The molecule has 0 spiro atoms. The van der Waals surface area contributed by atoms with E-state index in [0.717, 1.165) is 16.7 Å². The van der Waals surface area contributed by atoms with Gasteiger partial charge in [-0.15, -0.1) is 11.8 Å². The van der Waals surface area contributed by atoms with Gasteiger partial charge in [-0.2, -0.15) is 0 Å². The first-order valence-electron chi connectivity index (χ1n) is 10.5. The number of rotatable bonds is 4. The molecule has 0 bridgehead atoms. The minimum atomic E-state index is -0.678. The van der Waals surface area contributed by atoms with E-state index in [-0.39, 0.29) is 17.6 Å². The summed E-state index contributed by atoms with van der Waals surface area (Å²) in [6, 6.07) is 18.6. The number of benzene rings is 3. The number of thioether (sulfide) groups is 1. The van der Waals surface area contributed by atoms with Crippen LogP contribution in [0.3, 0.4) is 0 Å². The van der Waals surface area contributed by atoms with Gasteiger partial charge >= 0.3 is 0 Å². The lowest BCUT2D eigenvalue weighted by atomic mass is 10.1. The van der Waals surface area contributed by atoms with Gasteiger partial charge in [-0.25, -0.2) is 4.39 Å². The molecule has 1 saturated heterocycles. The second-order valence-electron chi connectivity index (χ2n) is 8.13. The Hall–Kier alpha value is -3.12. The standard InChI is InChI=1S/C26H25FN2O2S/c1-16-6-4-7-19(12-16)25(31)29-23(15-32-26(29)20-8-5-9-21(27)14-20)24(30)28-22-11-10-17(2)18(3)13-22/h4-14,23,26H,15H2,1-3H3,(H,28,30). The summed E-state index contributed by atoms with van der Waals surface area (Å²) in [7, 11) is 0. The molecule has 2 atom stereocenters. The van der Waals surface area contributed by atoms with Crippen LogP contribution in [0.4, 0.5) is 10.1 Å². The van der Waals surface area contributed by atoms with Crippen molar-refractivity contribution in [2.24, 2.45) is 0 Å². The fourth-order valence-corrected chi connectivity index (χ4v) is 5.26. The molecule has 1 fully saturated rings. The number of aryl methyl sites for hydroxylation is 3. The van der Waals surface area contributed by atoms with E-state index in [4.69, 9.17) is 0 Å². The Morgan fingerprint density at radius 2 is 1.75 bits per heavy atom. The summed E-state index contributed by atoms with van der Waals surface area (Å²) in [5.41, 5.74) is 5.05. The third-order valence-corrected chi connectivity index (χ3v) is 7.03. The van der Waals surface area contributed by atoms with Crippen LogP contribution in [0.5, 0.6) is 0 Å². The maximum Gasteiger partial charge on any atom is 0.255 e. The molecule has 2 amide bonds. The Morgan fingerprint density at radius 3 is 2.47 bits per heavy atom. The van der Waals surface area contributed by atoms with E-state index in [1.165, 1.54) is 23.9 Å². The smallest absolute Gasteiger partial charge is 0.255 e. The summed E-state index contributed by atoms with van der Waals surface area (Å²) in [5, 5.41) is 2.51. The first-order chi connectivity index (χ1) is 15.3. The lowest BCUT2D eigenvalue weighted by Gasteiger charge is -2.29. The van der Waals surface area contributed by atoms with Crippen LogP contribution in [-0.4, -0.2) is 28.5 Å². The largest absolute Gasteiger partial charge is 0.324 e. The number of hydrogen-bond donors (Lipinski definition) is 1. The molecular formula is C26H25FN2O2S. The molecule has 0 aromatic heterocycles. The highest BCUT2D eigenvalue weighted by atomic mass is 32.2. The molecule has 0 saturated carbocycles. The van der Waals surface area contributed by atoms with Crippen LogP contribution in [0.25, 0.3) is 0 Å². The molecule has 3 aromatic rings. The van der Waals surface area contributed by atoms with Gasteiger partial charge in [0.05, 0.1) is 0 Å². The van der Waals surface area contributed by atoms with Crippen molar-refractivity contribution in [2.45, 2.75) is 32.2 Å². The number of nitrogens with one attached hydrogen (secondary N) is 1. The number of nitrogens with zero attached hydrogens (tertiary/aromatic N) is 1. The Labute approximate surface area is 191 Å². The monoisotopic (exact) mass is 448 g/mol. The first-order valence-corrected chi connectivity index (χ1v) is 11.5. The van der Waals surface area contributed by atoms with Crippen LogP contribution >= 0.6 is 11.8 Å². The highest BCUT2D eigenvalue weighted by Crippen LogP contribution is 2.42. The third kappa shape index (κ3) is 4.55. The van der Waals surface area contributed by atoms with E-state index >= 15 is 0 Å². The number of amides is 2. The second kappa shape index (κ2) is 9.17. The van der Waals surface area contributed by atoms with Gasteiger partial charge in [0.2, 0.25) is 5.91 Å². The third-order valence-electron chi connectivity index (χ3n) is 5.71. The molecule has 6 heteroatoms. The number of anilines is 1. The number of halogens is 1. The predicted octanol–water partition coefficient (Wildman–Crippen LogP) is 5.65. The fraction of sp³-hybridized carbons (Fsp3) is 0.231. The molecule has 4 nitrogen and oxygen atoms in total. The maximum atomic E-state index is 13.9. The Balaban J connectivity index is 1.67. The van der Waals surface area contributed by atoms with Crippen molar-refractivity contribution in [3.05, 3.63) is 100 Å². The predicted molar refractivity (Wildman–Crippen MR) is 127 cm³/mol. The molecular weight excluding hydrogens is 423 g/mol. The lowest BCUT2D eigenvalue weighted by molar-refractivity contribution is -0.119. The zero-order chi connectivity index (χ0) is 22.8. The van der Waals surface area contributed by atoms with E-state index in [1.807, 2.05) is 57.2 Å². The van der Waals surface area contributed by atoms with Crippen LogP contribution < -0.4 is 5.32 Å². The average molecular weight is 449 g/mol. The van der Waals surface area contributed by atoms with Crippen molar-refractivity contribution in [2.75, 3.05) is 11.1 Å².